The largest absolute Gasteiger partial charge is 0.494 e. The predicted octanol–water partition coefficient (Wildman–Crippen LogP) is 5.35. The minimum absolute atomic E-state index is 0.0173. The van der Waals surface area contributed by atoms with E-state index in [4.69, 9.17) is 9.72 Å². The fourth-order valence-corrected chi connectivity index (χ4v) is 6.59. The second-order valence-electron chi connectivity index (χ2n) is 12.6. The van der Waals surface area contributed by atoms with Crippen LogP contribution in [0.2, 0.25) is 0 Å². The molecule has 3 heterocycles. The van der Waals surface area contributed by atoms with E-state index in [2.05, 4.69) is 4.90 Å². The van der Waals surface area contributed by atoms with Crippen LogP contribution in [0.4, 0.5) is 19.0 Å². The highest BCUT2D eigenvalue weighted by Crippen LogP contribution is 2.43. The molecule has 1 aliphatic carbocycles. The number of carbonyl (C=O) groups excluding carboxylic acids is 2. The van der Waals surface area contributed by atoms with Crippen molar-refractivity contribution < 1.29 is 32.6 Å². The van der Waals surface area contributed by atoms with Gasteiger partial charge in [-0.05, 0) is 88.0 Å². The third-order valence-corrected chi connectivity index (χ3v) is 9.30. The molecule has 44 heavy (non-hydrogen) atoms. The van der Waals surface area contributed by atoms with E-state index in [0.29, 0.717) is 36.2 Å². The number of benzene rings is 1. The van der Waals surface area contributed by atoms with Crippen LogP contribution in [0.1, 0.15) is 79.4 Å². The third-order valence-electron chi connectivity index (χ3n) is 9.30. The highest BCUT2D eigenvalue weighted by molar-refractivity contribution is 5.95. The molecule has 240 valence electrons. The Morgan fingerprint density at radius 2 is 1.61 bits per heavy atom. The molecule has 0 bridgehead atoms. The zero-order valence-electron chi connectivity index (χ0n) is 25.8. The number of alkyl halides is 3. The lowest BCUT2D eigenvalue weighted by Crippen LogP contribution is -2.57. The fourth-order valence-electron chi connectivity index (χ4n) is 6.59. The fraction of sp³-hybridized carbons (Fsp3) is 0.606. The Bertz CT molecular complexity index is 1330. The van der Waals surface area contributed by atoms with Gasteiger partial charge in [0.1, 0.15) is 11.6 Å². The summed E-state index contributed by atoms with van der Waals surface area (Å²) in [6.45, 7) is 4.03. The van der Waals surface area contributed by atoms with Crippen LogP contribution in [0, 0.1) is 11.8 Å². The summed E-state index contributed by atoms with van der Waals surface area (Å²) in [7, 11) is 3.51. The highest BCUT2D eigenvalue weighted by atomic mass is 19.4. The molecule has 3 fully saturated rings. The Morgan fingerprint density at radius 1 is 0.977 bits per heavy atom. The lowest BCUT2D eigenvalue weighted by atomic mass is 9.82. The number of piperidine rings is 2. The monoisotopic (exact) mass is 616 g/mol. The van der Waals surface area contributed by atoms with Gasteiger partial charge in [-0.1, -0.05) is 12.1 Å². The number of ether oxygens (including phenoxy) is 1. The van der Waals surface area contributed by atoms with Gasteiger partial charge in [-0.15, -0.1) is 0 Å². The maximum atomic E-state index is 14.2. The first kappa shape index (κ1) is 32.1. The second-order valence-corrected chi connectivity index (χ2v) is 12.6. The summed E-state index contributed by atoms with van der Waals surface area (Å²) < 4.78 is 48.0. The smallest absolute Gasteiger partial charge is 0.430 e. The Balaban J connectivity index is 1.15. The lowest BCUT2D eigenvalue weighted by Gasteiger charge is -2.40. The maximum Gasteiger partial charge on any atom is 0.430 e. The minimum Gasteiger partial charge on any atom is -0.494 e. The number of carbonyl (C=O) groups is 2. The number of pyridine rings is 1. The van der Waals surface area contributed by atoms with Gasteiger partial charge in [-0.25, -0.2) is 4.98 Å². The van der Waals surface area contributed by atoms with E-state index in [0.717, 1.165) is 73.7 Å². The van der Waals surface area contributed by atoms with E-state index in [-0.39, 0.29) is 31.4 Å². The van der Waals surface area contributed by atoms with Gasteiger partial charge in [0.25, 0.3) is 17.4 Å². The first-order valence-electron chi connectivity index (χ1n) is 15.7. The van der Waals surface area contributed by atoms with Gasteiger partial charge in [-0.2, -0.15) is 13.2 Å². The minimum atomic E-state index is -5.18. The van der Waals surface area contributed by atoms with Crippen LogP contribution in [0.3, 0.4) is 0 Å². The number of amides is 2. The Kier molecular flexibility index (Phi) is 9.44. The Hall–Kier alpha value is -3.34. The summed E-state index contributed by atoms with van der Waals surface area (Å²) in [5.41, 5.74) is -2.57. The number of nitrogens with zero attached hydrogens (tertiary/aromatic N) is 4. The molecule has 0 unspecified atom stereocenters. The molecular formula is C33H43F3N4O4. The molecule has 1 saturated carbocycles. The van der Waals surface area contributed by atoms with Crippen LogP contribution in [-0.2, 0) is 10.4 Å². The van der Waals surface area contributed by atoms with Gasteiger partial charge >= 0.3 is 6.18 Å². The van der Waals surface area contributed by atoms with E-state index in [9.17, 15) is 27.9 Å². The van der Waals surface area contributed by atoms with E-state index in [1.54, 1.807) is 25.9 Å². The summed E-state index contributed by atoms with van der Waals surface area (Å²) in [6, 6.07) is 8.92. The quantitative estimate of drug-likeness (QED) is 0.409. The van der Waals surface area contributed by atoms with Crippen molar-refractivity contribution in [1.29, 1.82) is 0 Å². The van der Waals surface area contributed by atoms with E-state index < -0.39 is 23.2 Å². The number of likely N-dealkylation sites (tertiary alicyclic amines) is 1. The van der Waals surface area contributed by atoms with Crippen molar-refractivity contribution in [2.24, 2.45) is 11.8 Å². The molecule has 1 N–H and O–H groups in total. The molecule has 1 aromatic carbocycles. The number of hydrogen-bond donors (Lipinski definition) is 1. The van der Waals surface area contributed by atoms with Crippen molar-refractivity contribution in [3.05, 3.63) is 53.2 Å². The second kappa shape index (κ2) is 12.9. The van der Waals surface area contributed by atoms with Crippen molar-refractivity contribution in [1.82, 2.24) is 14.8 Å². The third kappa shape index (κ3) is 6.67. The van der Waals surface area contributed by atoms with Crippen LogP contribution in [0.5, 0.6) is 5.75 Å². The number of halogens is 3. The van der Waals surface area contributed by atoms with Crippen LogP contribution < -0.4 is 9.64 Å². The summed E-state index contributed by atoms with van der Waals surface area (Å²) >= 11 is 0. The molecule has 2 saturated heterocycles. The molecule has 11 heteroatoms. The molecule has 0 radical (unpaired) electrons. The van der Waals surface area contributed by atoms with E-state index in [1.165, 1.54) is 12.1 Å². The zero-order chi connectivity index (χ0) is 31.6. The zero-order valence-corrected chi connectivity index (χ0v) is 25.8. The topological polar surface area (TPSA) is 86.2 Å². The summed E-state index contributed by atoms with van der Waals surface area (Å²) in [5, 5.41) is 10.9. The van der Waals surface area contributed by atoms with Crippen molar-refractivity contribution in [2.75, 3.05) is 51.8 Å². The van der Waals surface area contributed by atoms with Gasteiger partial charge in [0.2, 0.25) is 0 Å². The summed E-state index contributed by atoms with van der Waals surface area (Å²) in [4.78, 5) is 35.9. The van der Waals surface area contributed by atoms with Gasteiger partial charge in [0, 0.05) is 51.8 Å². The van der Waals surface area contributed by atoms with Gasteiger partial charge < -0.3 is 24.5 Å². The Morgan fingerprint density at radius 3 is 2.18 bits per heavy atom. The average molecular weight is 617 g/mol. The van der Waals surface area contributed by atoms with Crippen molar-refractivity contribution in [2.45, 2.75) is 69.6 Å². The molecule has 2 aromatic rings. The molecule has 8 nitrogen and oxygen atoms in total. The predicted molar refractivity (Wildman–Crippen MR) is 161 cm³/mol. The first-order valence-corrected chi connectivity index (χ1v) is 15.7. The number of aliphatic hydroxyl groups is 1. The molecule has 3 aliphatic rings. The van der Waals surface area contributed by atoms with Gasteiger partial charge in [-0.3, -0.25) is 9.59 Å². The summed E-state index contributed by atoms with van der Waals surface area (Å²) in [5.74, 6) is 0.892. The number of aromatic nitrogens is 1. The molecule has 1 atom stereocenters. The number of rotatable bonds is 9. The summed E-state index contributed by atoms with van der Waals surface area (Å²) in [6.07, 6.45) is 1.09. The molecule has 0 spiro atoms. The van der Waals surface area contributed by atoms with Crippen LogP contribution in [0.25, 0.3) is 0 Å². The molecule has 2 amide bonds. The molecule has 5 rings (SSSR count). The van der Waals surface area contributed by atoms with Crippen molar-refractivity contribution in [3.8, 4) is 5.75 Å². The first-order chi connectivity index (χ1) is 20.9. The molecule has 1 aromatic heterocycles. The Labute approximate surface area is 257 Å². The van der Waals surface area contributed by atoms with Gasteiger partial charge in [0.05, 0.1) is 17.9 Å². The van der Waals surface area contributed by atoms with Gasteiger partial charge in [0.15, 0.2) is 0 Å². The molecule has 2 aliphatic heterocycles. The van der Waals surface area contributed by atoms with Crippen molar-refractivity contribution in [3.63, 3.8) is 0 Å². The normalized spacial score (nSPS) is 19.9. The standard InChI is InChI=1S/C33H43F3N4O4/c1-4-44-26-7-5-6-25(21-26)32(43,33(34,35)36)31(42)40-18-14-23(15-19-40)20-22-12-16-39(17-13-22)28-11-10-27(30(41)38(2)3)29(37-28)24-8-9-24/h5-7,10-11,21-24,43H,4,8-9,12-20H2,1-3H3/t32-/m1/s1. The number of hydrogen-bond acceptors (Lipinski definition) is 6. The van der Waals surface area contributed by atoms with Crippen LogP contribution in [0.15, 0.2) is 36.4 Å². The van der Waals surface area contributed by atoms with Crippen molar-refractivity contribution >= 4 is 17.6 Å². The van der Waals surface area contributed by atoms with Crippen LogP contribution >= 0.6 is 0 Å². The van der Waals surface area contributed by atoms with Crippen LogP contribution in [-0.4, -0.2) is 84.8 Å². The SMILES string of the molecule is CCOc1cccc([C@@](O)(C(=O)N2CCC(CC3CCN(c4ccc(C(=O)N(C)C)c(C5CC5)n4)CC3)CC2)C(F)(F)F)c1. The average Bonchev–Trinajstić information content (AvgIpc) is 3.86. The number of anilines is 1. The highest BCUT2D eigenvalue weighted by Gasteiger charge is 2.62. The maximum absolute atomic E-state index is 14.2. The van der Waals surface area contributed by atoms with E-state index in [1.807, 2.05) is 12.1 Å². The van der Waals surface area contributed by atoms with E-state index >= 15 is 0 Å². The molecular weight excluding hydrogens is 573 g/mol. The lowest BCUT2D eigenvalue weighted by molar-refractivity contribution is -0.262.